The smallest absolute Gasteiger partial charge is 0.316 e. The van der Waals surface area contributed by atoms with Gasteiger partial charge in [-0.15, -0.1) is 0 Å². The Kier molecular flexibility index (Phi) is 2.58. The van der Waals surface area contributed by atoms with Crippen LogP contribution in [-0.4, -0.2) is 37.3 Å². The van der Waals surface area contributed by atoms with E-state index >= 15 is 0 Å². The summed E-state index contributed by atoms with van der Waals surface area (Å²) >= 11 is 0. The van der Waals surface area contributed by atoms with Gasteiger partial charge in [0.05, 0.1) is 0 Å². The molecular weight excluding hydrogens is 176 g/mol. The second-order valence-electron chi connectivity index (χ2n) is 2.25. The van der Waals surface area contributed by atoms with Crippen molar-refractivity contribution in [3.63, 3.8) is 0 Å². The Morgan fingerprint density at radius 2 is 1.92 bits per heavy atom. The van der Waals surface area contributed by atoms with E-state index in [0.717, 1.165) is 0 Å². The van der Waals surface area contributed by atoms with Crippen LogP contribution in [0.1, 0.15) is 0 Å². The van der Waals surface area contributed by atoms with Crippen LogP contribution in [0.5, 0.6) is 0 Å². The third kappa shape index (κ3) is 2.26. The number of aliphatic imine (C=N–C) groups is 1. The van der Waals surface area contributed by atoms with Gasteiger partial charge in [-0.2, -0.15) is 0 Å². The number of nitrogens with one attached hydrogen (secondary N) is 3. The topological polar surface area (TPSA) is 99.7 Å². The summed E-state index contributed by atoms with van der Waals surface area (Å²) in [7, 11) is 1.47. The summed E-state index contributed by atoms with van der Waals surface area (Å²) in [4.78, 5) is 35.5. The maximum atomic E-state index is 10.7. The fraction of sp³-hybridized carbons (Fsp3) is 0.333. The van der Waals surface area contributed by atoms with Gasteiger partial charge in [0, 0.05) is 7.05 Å². The molecule has 0 radical (unpaired) electrons. The highest BCUT2D eigenvalue weighted by atomic mass is 16.2. The summed E-state index contributed by atoms with van der Waals surface area (Å²) in [6, 6.07) is 0. The lowest BCUT2D eigenvalue weighted by Gasteiger charge is -1.95. The summed E-state index contributed by atoms with van der Waals surface area (Å²) in [5, 5.41) is 6.65. The normalized spacial score (nSPS) is 15.0. The lowest BCUT2D eigenvalue weighted by Crippen LogP contribution is -2.28. The van der Waals surface area contributed by atoms with Crippen LogP contribution in [0.25, 0.3) is 0 Å². The van der Waals surface area contributed by atoms with Crippen molar-refractivity contribution in [2.45, 2.75) is 0 Å². The molecule has 3 N–H and O–H groups in total. The third-order valence-corrected chi connectivity index (χ3v) is 1.33. The average molecular weight is 184 g/mol. The molecule has 7 heteroatoms. The van der Waals surface area contributed by atoms with E-state index in [1.807, 2.05) is 0 Å². The first-order chi connectivity index (χ1) is 6.13. The second kappa shape index (κ2) is 3.65. The molecule has 1 heterocycles. The standard InChI is InChI=1S/C6H8N4O3/c1-7-3(11)2-8-6-9-4(12)5(13)10-6/h2H2,1H3,(H,7,11)(H2,8,9,10,12,13). The molecule has 0 bridgehead atoms. The van der Waals surface area contributed by atoms with Crippen LogP contribution in [0.15, 0.2) is 4.99 Å². The Hall–Kier alpha value is -1.92. The predicted octanol–water partition coefficient (Wildman–Crippen LogP) is -2.67. The van der Waals surface area contributed by atoms with Gasteiger partial charge >= 0.3 is 11.8 Å². The van der Waals surface area contributed by atoms with Crippen LogP contribution in [0.4, 0.5) is 0 Å². The van der Waals surface area contributed by atoms with Crippen LogP contribution >= 0.6 is 0 Å². The van der Waals surface area contributed by atoms with E-state index in [1.54, 1.807) is 0 Å². The monoisotopic (exact) mass is 184 g/mol. The van der Waals surface area contributed by atoms with Gasteiger partial charge in [-0.3, -0.25) is 25.0 Å². The minimum atomic E-state index is -0.768. The van der Waals surface area contributed by atoms with E-state index in [4.69, 9.17) is 0 Å². The lowest BCUT2D eigenvalue weighted by molar-refractivity contribution is -0.135. The fourth-order valence-electron chi connectivity index (χ4n) is 0.669. The first-order valence-corrected chi connectivity index (χ1v) is 3.51. The Morgan fingerprint density at radius 1 is 1.38 bits per heavy atom. The average Bonchev–Trinajstić information content (AvgIpc) is 2.42. The molecule has 70 valence electrons. The number of hydrogen-bond donors (Lipinski definition) is 3. The van der Waals surface area contributed by atoms with Crippen LogP contribution in [0, 0.1) is 0 Å². The number of carbonyl (C=O) groups excluding carboxylic acids is 3. The van der Waals surface area contributed by atoms with E-state index in [2.05, 4.69) is 20.9 Å². The van der Waals surface area contributed by atoms with Gasteiger partial charge in [0.15, 0.2) is 0 Å². The van der Waals surface area contributed by atoms with Gasteiger partial charge in [0.1, 0.15) is 6.54 Å². The van der Waals surface area contributed by atoms with Crippen LogP contribution in [-0.2, 0) is 14.4 Å². The van der Waals surface area contributed by atoms with Crippen LogP contribution in [0.2, 0.25) is 0 Å². The molecule has 13 heavy (non-hydrogen) atoms. The van der Waals surface area contributed by atoms with Crippen molar-refractivity contribution in [2.75, 3.05) is 13.6 Å². The molecule has 0 unspecified atom stereocenters. The maximum absolute atomic E-state index is 10.7. The van der Waals surface area contributed by atoms with Crippen molar-refractivity contribution in [2.24, 2.45) is 4.99 Å². The molecular formula is C6H8N4O3. The Labute approximate surface area is 73.6 Å². The van der Waals surface area contributed by atoms with Crippen molar-refractivity contribution in [1.82, 2.24) is 16.0 Å². The molecule has 1 aliphatic rings. The molecule has 0 aromatic carbocycles. The van der Waals surface area contributed by atoms with Crippen LogP contribution in [0.3, 0.4) is 0 Å². The number of likely N-dealkylation sites (N-methyl/N-ethyl adjacent to an activating group) is 1. The number of nitrogens with zero attached hydrogens (tertiary/aromatic N) is 1. The number of carbonyl (C=O) groups is 3. The molecule has 0 aliphatic carbocycles. The molecule has 1 saturated heterocycles. The van der Waals surface area contributed by atoms with Gasteiger partial charge < -0.3 is 5.32 Å². The molecule has 7 nitrogen and oxygen atoms in total. The highest BCUT2D eigenvalue weighted by Crippen LogP contribution is 1.82. The van der Waals surface area contributed by atoms with Crippen molar-refractivity contribution >= 4 is 23.7 Å². The largest absolute Gasteiger partial charge is 0.358 e. The molecule has 3 amide bonds. The summed E-state index contributed by atoms with van der Waals surface area (Å²) in [6.45, 7) is -0.133. The molecule has 0 aromatic rings. The summed E-state index contributed by atoms with van der Waals surface area (Å²) < 4.78 is 0. The van der Waals surface area contributed by atoms with Crippen molar-refractivity contribution in [3.8, 4) is 0 Å². The molecule has 1 fully saturated rings. The maximum Gasteiger partial charge on any atom is 0.316 e. The quantitative estimate of drug-likeness (QED) is 0.408. The van der Waals surface area contributed by atoms with Gasteiger partial charge in [0.2, 0.25) is 11.9 Å². The van der Waals surface area contributed by atoms with Crippen molar-refractivity contribution in [1.29, 1.82) is 0 Å². The summed E-state index contributed by atoms with van der Waals surface area (Å²) in [6.07, 6.45) is 0. The van der Waals surface area contributed by atoms with E-state index < -0.39 is 11.8 Å². The van der Waals surface area contributed by atoms with Gasteiger partial charge in [-0.1, -0.05) is 0 Å². The molecule has 0 atom stereocenters. The van der Waals surface area contributed by atoms with E-state index in [-0.39, 0.29) is 18.4 Å². The minimum absolute atomic E-state index is 0.0126. The molecule has 0 aromatic heterocycles. The van der Waals surface area contributed by atoms with E-state index in [1.165, 1.54) is 7.05 Å². The zero-order valence-electron chi connectivity index (χ0n) is 6.88. The fourth-order valence-corrected chi connectivity index (χ4v) is 0.669. The van der Waals surface area contributed by atoms with Crippen LogP contribution < -0.4 is 16.0 Å². The predicted molar refractivity (Wildman–Crippen MR) is 42.7 cm³/mol. The number of hydrogen-bond acceptors (Lipinski definition) is 4. The SMILES string of the molecule is CNC(=O)CN=C1NC(=O)C(=O)N1. The van der Waals surface area contributed by atoms with Crippen molar-refractivity contribution < 1.29 is 14.4 Å². The number of guanidine groups is 1. The molecule has 1 aliphatic heterocycles. The zero-order chi connectivity index (χ0) is 9.84. The van der Waals surface area contributed by atoms with Gasteiger partial charge in [-0.25, -0.2) is 4.99 Å². The highest BCUT2D eigenvalue weighted by Gasteiger charge is 2.24. The summed E-state index contributed by atoms with van der Waals surface area (Å²) in [5.41, 5.74) is 0. The Morgan fingerprint density at radius 3 is 2.38 bits per heavy atom. The highest BCUT2D eigenvalue weighted by molar-refractivity contribution is 6.45. The minimum Gasteiger partial charge on any atom is -0.358 e. The molecule has 1 rings (SSSR count). The first kappa shape index (κ1) is 9.17. The second-order valence-corrected chi connectivity index (χ2v) is 2.25. The van der Waals surface area contributed by atoms with Gasteiger partial charge in [-0.05, 0) is 0 Å². The lowest BCUT2D eigenvalue weighted by atomic mass is 10.6. The summed E-state index contributed by atoms with van der Waals surface area (Å²) in [5.74, 6) is -1.83. The Balaban J connectivity index is 2.50. The number of rotatable bonds is 2. The Bertz CT molecular complexity index is 278. The third-order valence-electron chi connectivity index (χ3n) is 1.33. The van der Waals surface area contributed by atoms with E-state index in [9.17, 15) is 14.4 Å². The zero-order valence-corrected chi connectivity index (χ0v) is 6.88. The van der Waals surface area contributed by atoms with Gasteiger partial charge in [0.25, 0.3) is 0 Å². The van der Waals surface area contributed by atoms with Crippen molar-refractivity contribution in [3.05, 3.63) is 0 Å². The molecule has 0 spiro atoms. The first-order valence-electron chi connectivity index (χ1n) is 3.51. The molecule has 0 saturated carbocycles. The van der Waals surface area contributed by atoms with E-state index in [0.29, 0.717) is 0 Å². The number of amides is 3.